The van der Waals surface area contributed by atoms with Crippen LogP contribution in [0.2, 0.25) is 0 Å². The molecular weight excluding hydrogens is 317 g/mol. The fourth-order valence-corrected chi connectivity index (χ4v) is 2.63. The molecule has 3 aliphatic heterocycles. The van der Waals surface area contributed by atoms with Crippen LogP contribution >= 0.6 is 7.60 Å². The van der Waals surface area contributed by atoms with Gasteiger partial charge in [0, 0.05) is 0 Å². The molecule has 1 fully saturated rings. The van der Waals surface area contributed by atoms with Crippen LogP contribution in [0.1, 0.15) is 6.42 Å². The van der Waals surface area contributed by atoms with E-state index >= 15 is 0 Å². The third-order valence-corrected chi connectivity index (χ3v) is 3.71. The summed E-state index contributed by atoms with van der Waals surface area (Å²) < 4.78 is 22.3. The lowest BCUT2D eigenvalue weighted by Gasteiger charge is -2.26. The van der Waals surface area contributed by atoms with Crippen LogP contribution in [0.15, 0.2) is 12.7 Å². The van der Waals surface area contributed by atoms with Crippen molar-refractivity contribution < 1.29 is 28.9 Å². The minimum atomic E-state index is -4.29. The number of rotatable bonds is 4. The number of imidazole rings is 1. The molecule has 5 N–H and O–H groups in total. The summed E-state index contributed by atoms with van der Waals surface area (Å²) in [6.45, 7) is -0.0479. The van der Waals surface area contributed by atoms with E-state index < -0.39 is 26.0 Å². The summed E-state index contributed by atoms with van der Waals surface area (Å²) >= 11 is 0. The van der Waals surface area contributed by atoms with Crippen molar-refractivity contribution in [2.45, 2.75) is 18.4 Å². The summed E-state index contributed by atoms with van der Waals surface area (Å²) in [7, 11) is -4.29. The summed E-state index contributed by atoms with van der Waals surface area (Å²) in [5.41, 5.74) is 6.25. The van der Waals surface area contributed by atoms with Crippen LogP contribution in [-0.2, 0) is 19.9 Å². The van der Waals surface area contributed by atoms with Crippen molar-refractivity contribution in [3.05, 3.63) is 12.7 Å². The van der Waals surface area contributed by atoms with Crippen molar-refractivity contribution in [2.75, 3.05) is 18.7 Å². The second-order valence-corrected chi connectivity index (χ2v) is 6.47. The van der Waals surface area contributed by atoms with Gasteiger partial charge in [-0.05, 0) is 0 Å². The largest absolute Gasteiger partial charge is 0.383 e. The smallest absolute Gasteiger partial charge is 0.350 e. The topological polar surface area (TPSA) is 166 Å². The number of ether oxygens (including phenoxy) is 2. The molecule has 0 amide bonds. The average Bonchev–Trinajstić information content (AvgIpc) is 3.03. The molecule has 120 valence electrons. The molecule has 3 aliphatic rings. The van der Waals surface area contributed by atoms with E-state index in [1.54, 1.807) is 0 Å². The predicted molar refractivity (Wildman–Crippen MR) is 71.4 cm³/mol. The Morgan fingerprint density at radius 3 is 3.00 bits per heavy atom. The van der Waals surface area contributed by atoms with E-state index in [0.717, 1.165) is 0 Å². The molecule has 3 rings (SSSR count). The molecule has 12 heteroatoms. The van der Waals surface area contributed by atoms with Crippen LogP contribution in [0.5, 0.6) is 0 Å². The molecule has 0 radical (unpaired) electrons. The first kappa shape index (κ1) is 15.3. The molecule has 3 heterocycles. The molecule has 1 unspecified atom stereocenters. The van der Waals surface area contributed by atoms with Crippen molar-refractivity contribution in [2.24, 2.45) is 0 Å². The number of fused-ring (bicyclic) bond motifs is 1. The number of anilines is 1. The van der Waals surface area contributed by atoms with E-state index in [-0.39, 0.29) is 18.8 Å². The maximum absolute atomic E-state index is 10.8. The molecule has 0 saturated carbocycles. The van der Waals surface area contributed by atoms with Gasteiger partial charge in [0.25, 0.3) is 5.91 Å². The van der Waals surface area contributed by atoms with Gasteiger partial charge >= 0.3 is 7.60 Å². The van der Waals surface area contributed by atoms with E-state index in [2.05, 4.69) is 15.0 Å². The lowest BCUT2D eigenvalue weighted by molar-refractivity contribution is -0.234. The molecule has 0 bridgehead atoms. The Kier molecular flexibility index (Phi) is 3.63. The van der Waals surface area contributed by atoms with Gasteiger partial charge in [0.2, 0.25) is 0 Å². The fourth-order valence-electron chi connectivity index (χ4n) is 2.22. The minimum Gasteiger partial charge on any atom is -0.383 e. The van der Waals surface area contributed by atoms with E-state index in [4.69, 9.17) is 25.0 Å². The highest BCUT2D eigenvalue weighted by Gasteiger charge is 2.43. The first-order valence-corrected chi connectivity index (χ1v) is 8.05. The van der Waals surface area contributed by atoms with Gasteiger partial charge in [-0.1, -0.05) is 0 Å². The van der Waals surface area contributed by atoms with Crippen LogP contribution in [0.25, 0.3) is 11.5 Å². The molecule has 0 spiro atoms. The molecule has 1 saturated heterocycles. The standard InChI is InChI=1S/C10H14N5O6P/c11-8-7-9(13-3-12-7)14-4-15(8)10(16)1-6(2-21-10)20-5-22(17,18)19/h3-4,6,16H,1-2,5,11H2,(H2,17,18,19)/t6-,10?/m1/s1. The summed E-state index contributed by atoms with van der Waals surface area (Å²) in [5, 5.41) is 10.5. The number of hydrogen-bond acceptors (Lipinski definition) is 8. The van der Waals surface area contributed by atoms with Crippen LogP contribution < -0.4 is 5.73 Å². The molecule has 0 aromatic carbocycles. The van der Waals surface area contributed by atoms with Gasteiger partial charge < -0.3 is 30.1 Å². The first-order chi connectivity index (χ1) is 10.3. The number of aromatic nitrogens is 4. The third-order valence-electron chi connectivity index (χ3n) is 3.23. The zero-order valence-electron chi connectivity index (χ0n) is 11.2. The predicted octanol–water partition coefficient (Wildman–Crippen LogP) is -1.10. The highest BCUT2D eigenvalue weighted by molar-refractivity contribution is 7.51. The highest BCUT2D eigenvalue weighted by Crippen LogP contribution is 2.38. The Morgan fingerprint density at radius 2 is 2.27 bits per heavy atom. The van der Waals surface area contributed by atoms with Crippen LogP contribution in [0, 0.1) is 0 Å². The van der Waals surface area contributed by atoms with Crippen molar-refractivity contribution in [1.29, 1.82) is 0 Å². The zero-order valence-corrected chi connectivity index (χ0v) is 12.1. The second kappa shape index (κ2) is 5.23. The molecule has 0 aromatic heterocycles. The van der Waals surface area contributed by atoms with E-state index in [1.165, 1.54) is 17.2 Å². The first-order valence-electron chi connectivity index (χ1n) is 6.25. The Morgan fingerprint density at radius 1 is 1.50 bits per heavy atom. The van der Waals surface area contributed by atoms with Crippen molar-refractivity contribution in [3.8, 4) is 11.5 Å². The van der Waals surface area contributed by atoms with Crippen molar-refractivity contribution in [1.82, 2.24) is 19.5 Å². The van der Waals surface area contributed by atoms with Crippen molar-refractivity contribution >= 4 is 13.4 Å². The van der Waals surface area contributed by atoms with Crippen LogP contribution in [0.3, 0.4) is 0 Å². The number of nitrogen functional groups attached to an aromatic ring is 1. The van der Waals surface area contributed by atoms with Crippen molar-refractivity contribution in [3.63, 3.8) is 0 Å². The third kappa shape index (κ3) is 2.82. The van der Waals surface area contributed by atoms with Crippen LogP contribution in [-0.4, -0.2) is 53.5 Å². The summed E-state index contributed by atoms with van der Waals surface area (Å²) in [5.74, 6) is -1.38. The molecule has 0 aromatic rings. The lowest BCUT2D eigenvalue weighted by Crippen LogP contribution is -2.35. The molecular formula is C10H14N5O6P. The zero-order chi connectivity index (χ0) is 16.0. The van der Waals surface area contributed by atoms with Gasteiger partial charge in [0.1, 0.15) is 30.5 Å². The lowest BCUT2D eigenvalue weighted by atomic mass is 10.2. The summed E-state index contributed by atoms with van der Waals surface area (Å²) in [6.07, 6.45) is 1.05. The summed E-state index contributed by atoms with van der Waals surface area (Å²) in [6, 6.07) is 0. The second-order valence-electron chi connectivity index (χ2n) is 4.89. The monoisotopic (exact) mass is 331 g/mol. The number of nitrogens with two attached hydrogens (primary N) is 1. The van der Waals surface area contributed by atoms with Gasteiger partial charge in [0.15, 0.2) is 5.82 Å². The average molecular weight is 331 g/mol. The molecule has 2 atom stereocenters. The maximum atomic E-state index is 10.8. The van der Waals surface area contributed by atoms with E-state index in [0.29, 0.717) is 11.5 Å². The van der Waals surface area contributed by atoms with Gasteiger partial charge in [-0.3, -0.25) is 9.13 Å². The molecule has 11 nitrogen and oxygen atoms in total. The number of hydrogen-bond donors (Lipinski definition) is 4. The van der Waals surface area contributed by atoms with Gasteiger partial charge in [-0.15, -0.1) is 0 Å². The number of aliphatic hydroxyl groups is 1. The SMILES string of the molecule is Nc1c2ncnc-2ncn1C1(O)C[C@@H](OCP(=O)(O)O)CO1. The Bertz CT molecular complexity index is 703. The summed E-state index contributed by atoms with van der Waals surface area (Å²) in [4.78, 5) is 29.4. The maximum Gasteiger partial charge on any atom is 0.350 e. The molecule has 0 aliphatic carbocycles. The Balaban J connectivity index is 1.81. The van der Waals surface area contributed by atoms with Gasteiger partial charge in [0.05, 0.1) is 19.1 Å². The quantitative estimate of drug-likeness (QED) is 0.505. The van der Waals surface area contributed by atoms with Gasteiger partial charge in [-0.25, -0.2) is 15.0 Å². The number of nitrogens with zero attached hydrogens (tertiary/aromatic N) is 4. The Labute approximate surface area is 124 Å². The normalized spacial score (nSPS) is 25.9. The van der Waals surface area contributed by atoms with Crippen LogP contribution in [0.4, 0.5) is 5.82 Å². The Hall–Kier alpha value is -1.62. The fraction of sp³-hybridized carbons (Fsp3) is 0.500. The van der Waals surface area contributed by atoms with E-state index in [9.17, 15) is 9.67 Å². The molecule has 22 heavy (non-hydrogen) atoms. The highest BCUT2D eigenvalue weighted by atomic mass is 31.2. The van der Waals surface area contributed by atoms with E-state index in [1.807, 2.05) is 0 Å². The minimum absolute atomic E-state index is 0.0479. The van der Waals surface area contributed by atoms with Gasteiger partial charge in [-0.2, -0.15) is 0 Å².